The largest absolute Gasteiger partial charge is 0.496 e. The van der Waals surface area contributed by atoms with E-state index in [0.717, 1.165) is 11.4 Å². The number of ether oxygens (including phenoxy) is 2. The predicted molar refractivity (Wildman–Crippen MR) is 110 cm³/mol. The molecule has 0 aliphatic rings. The van der Waals surface area contributed by atoms with Gasteiger partial charge in [-0.05, 0) is 48.5 Å². The SMILES string of the molecule is COc1ccc(Cl)cc1/C=C/C(=O)Nc1ccc(OCc2nccn2C)cc1. The van der Waals surface area contributed by atoms with Crippen molar-refractivity contribution in [2.75, 3.05) is 12.4 Å². The lowest BCUT2D eigenvalue weighted by Crippen LogP contribution is -2.07. The molecule has 0 radical (unpaired) electrons. The number of nitrogens with one attached hydrogen (secondary N) is 1. The number of halogens is 1. The molecule has 1 heterocycles. The zero-order valence-electron chi connectivity index (χ0n) is 15.6. The zero-order valence-corrected chi connectivity index (χ0v) is 16.3. The van der Waals surface area contributed by atoms with Crippen molar-refractivity contribution in [1.29, 1.82) is 0 Å². The number of anilines is 1. The van der Waals surface area contributed by atoms with Crippen LogP contribution in [0.5, 0.6) is 11.5 Å². The van der Waals surface area contributed by atoms with Crippen LogP contribution < -0.4 is 14.8 Å². The van der Waals surface area contributed by atoms with Crippen LogP contribution in [0.3, 0.4) is 0 Å². The number of nitrogens with zero attached hydrogens (tertiary/aromatic N) is 2. The predicted octanol–water partition coefficient (Wildman–Crippen LogP) is 4.31. The highest BCUT2D eigenvalue weighted by molar-refractivity contribution is 6.30. The van der Waals surface area contributed by atoms with Gasteiger partial charge < -0.3 is 19.4 Å². The Labute approximate surface area is 168 Å². The second kappa shape index (κ2) is 9.10. The van der Waals surface area contributed by atoms with Gasteiger partial charge >= 0.3 is 0 Å². The van der Waals surface area contributed by atoms with Crippen molar-refractivity contribution in [3.8, 4) is 11.5 Å². The third kappa shape index (κ3) is 5.14. The van der Waals surface area contributed by atoms with E-state index in [9.17, 15) is 4.79 Å². The Bertz CT molecular complexity index is 981. The summed E-state index contributed by atoms with van der Waals surface area (Å²) >= 11 is 5.99. The highest BCUT2D eigenvalue weighted by Gasteiger charge is 2.04. The minimum absolute atomic E-state index is 0.260. The summed E-state index contributed by atoms with van der Waals surface area (Å²) < 4.78 is 12.9. The fourth-order valence-electron chi connectivity index (χ4n) is 2.50. The molecule has 7 heteroatoms. The summed E-state index contributed by atoms with van der Waals surface area (Å²) in [4.78, 5) is 16.4. The van der Waals surface area contributed by atoms with Crippen LogP contribution in [0.2, 0.25) is 5.02 Å². The molecule has 1 N–H and O–H groups in total. The molecule has 0 atom stereocenters. The standard InChI is InChI=1S/C21H20ClN3O3/c1-25-12-11-23-20(25)14-28-18-7-5-17(6-8-18)24-21(26)10-3-15-13-16(22)4-9-19(15)27-2/h3-13H,14H2,1-2H3,(H,24,26)/b10-3+. The van der Waals surface area contributed by atoms with Gasteiger partial charge in [0.25, 0.3) is 0 Å². The monoisotopic (exact) mass is 397 g/mol. The quantitative estimate of drug-likeness (QED) is 0.603. The third-order valence-corrected chi connectivity index (χ3v) is 4.25. The normalized spacial score (nSPS) is 10.8. The van der Waals surface area contributed by atoms with Gasteiger partial charge in [-0.1, -0.05) is 11.6 Å². The highest BCUT2D eigenvalue weighted by atomic mass is 35.5. The molecule has 3 rings (SSSR count). The van der Waals surface area contributed by atoms with Gasteiger partial charge in [0.2, 0.25) is 5.91 Å². The summed E-state index contributed by atoms with van der Waals surface area (Å²) in [5.74, 6) is 1.91. The second-order valence-corrected chi connectivity index (χ2v) is 6.41. The van der Waals surface area contributed by atoms with Crippen LogP contribution in [0.4, 0.5) is 5.69 Å². The van der Waals surface area contributed by atoms with Gasteiger partial charge in [0, 0.05) is 41.8 Å². The van der Waals surface area contributed by atoms with Crippen molar-refractivity contribution < 1.29 is 14.3 Å². The molecular formula is C21H20ClN3O3. The Morgan fingerprint density at radius 3 is 2.71 bits per heavy atom. The number of hydrogen-bond acceptors (Lipinski definition) is 4. The molecule has 3 aromatic rings. The molecule has 2 aromatic carbocycles. The van der Waals surface area contributed by atoms with Crippen LogP contribution in [0.15, 0.2) is 60.9 Å². The lowest BCUT2D eigenvalue weighted by molar-refractivity contribution is -0.111. The van der Waals surface area contributed by atoms with E-state index in [1.165, 1.54) is 6.08 Å². The number of hydrogen-bond donors (Lipinski definition) is 1. The van der Waals surface area contributed by atoms with Crippen LogP contribution in [0.1, 0.15) is 11.4 Å². The van der Waals surface area contributed by atoms with Gasteiger partial charge in [-0.3, -0.25) is 4.79 Å². The Balaban J connectivity index is 1.57. The number of methoxy groups -OCH3 is 1. The summed E-state index contributed by atoms with van der Waals surface area (Å²) in [5, 5.41) is 3.37. The minimum Gasteiger partial charge on any atom is -0.496 e. The van der Waals surface area contributed by atoms with Crippen molar-refractivity contribution in [2.45, 2.75) is 6.61 Å². The van der Waals surface area contributed by atoms with Crippen LogP contribution in [-0.4, -0.2) is 22.6 Å². The zero-order chi connectivity index (χ0) is 19.9. The van der Waals surface area contributed by atoms with E-state index in [2.05, 4.69) is 10.3 Å². The first kappa shape index (κ1) is 19.5. The fourth-order valence-corrected chi connectivity index (χ4v) is 2.68. The van der Waals surface area contributed by atoms with E-state index < -0.39 is 0 Å². The number of aryl methyl sites for hydroxylation is 1. The smallest absolute Gasteiger partial charge is 0.248 e. The Morgan fingerprint density at radius 2 is 2.04 bits per heavy atom. The van der Waals surface area contributed by atoms with Crippen molar-refractivity contribution in [3.63, 3.8) is 0 Å². The van der Waals surface area contributed by atoms with E-state index >= 15 is 0 Å². The molecule has 1 amide bonds. The maximum atomic E-state index is 12.2. The topological polar surface area (TPSA) is 65.4 Å². The summed E-state index contributed by atoms with van der Waals surface area (Å²) in [6.45, 7) is 0.374. The first-order valence-electron chi connectivity index (χ1n) is 8.57. The van der Waals surface area contributed by atoms with Gasteiger partial charge in [0.05, 0.1) is 7.11 Å². The summed E-state index contributed by atoms with van der Waals surface area (Å²) in [6, 6.07) is 12.4. The lowest BCUT2D eigenvalue weighted by Gasteiger charge is -2.08. The second-order valence-electron chi connectivity index (χ2n) is 5.98. The van der Waals surface area contributed by atoms with Gasteiger partial charge in [-0.2, -0.15) is 0 Å². The molecule has 0 aliphatic heterocycles. The number of carbonyl (C=O) groups is 1. The Hall–Kier alpha value is -3.25. The minimum atomic E-state index is -0.260. The molecular weight excluding hydrogens is 378 g/mol. The van der Waals surface area contributed by atoms with Gasteiger partial charge in [-0.15, -0.1) is 0 Å². The molecule has 144 valence electrons. The lowest BCUT2D eigenvalue weighted by atomic mass is 10.2. The summed E-state index contributed by atoms with van der Waals surface area (Å²) in [6.07, 6.45) is 6.68. The molecule has 0 aliphatic carbocycles. The maximum Gasteiger partial charge on any atom is 0.248 e. The average molecular weight is 398 g/mol. The van der Waals surface area contributed by atoms with Crippen molar-refractivity contribution in [1.82, 2.24) is 9.55 Å². The van der Waals surface area contributed by atoms with E-state index in [1.54, 1.807) is 61.8 Å². The molecule has 0 bridgehead atoms. The average Bonchev–Trinajstić information content (AvgIpc) is 3.11. The van der Waals surface area contributed by atoms with E-state index in [0.29, 0.717) is 28.8 Å². The first-order valence-corrected chi connectivity index (χ1v) is 8.94. The molecule has 0 fully saturated rings. The maximum absolute atomic E-state index is 12.2. The molecule has 0 unspecified atom stereocenters. The molecule has 1 aromatic heterocycles. The summed E-state index contributed by atoms with van der Waals surface area (Å²) in [5.41, 5.74) is 1.39. The van der Waals surface area contributed by atoms with Gasteiger partial charge in [-0.25, -0.2) is 4.98 Å². The number of aromatic nitrogens is 2. The number of rotatable bonds is 7. The number of amides is 1. The fraction of sp³-hybridized carbons (Fsp3) is 0.143. The molecule has 0 saturated heterocycles. The van der Waals surface area contributed by atoms with Crippen molar-refractivity contribution >= 4 is 29.3 Å². The third-order valence-electron chi connectivity index (χ3n) is 4.02. The molecule has 28 heavy (non-hydrogen) atoms. The molecule has 0 saturated carbocycles. The summed E-state index contributed by atoms with van der Waals surface area (Å²) in [7, 11) is 3.48. The Morgan fingerprint density at radius 1 is 1.25 bits per heavy atom. The van der Waals surface area contributed by atoms with E-state index in [4.69, 9.17) is 21.1 Å². The van der Waals surface area contributed by atoms with Crippen molar-refractivity contribution in [3.05, 3.63) is 77.3 Å². The van der Waals surface area contributed by atoms with Crippen LogP contribution >= 0.6 is 11.6 Å². The first-order chi connectivity index (χ1) is 13.5. The van der Waals surface area contributed by atoms with E-state index in [-0.39, 0.29) is 5.91 Å². The Kier molecular flexibility index (Phi) is 6.34. The van der Waals surface area contributed by atoms with Crippen LogP contribution in [0, 0.1) is 0 Å². The van der Waals surface area contributed by atoms with Crippen molar-refractivity contribution in [2.24, 2.45) is 7.05 Å². The number of carbonyl (C=O) groups excluding carboxylic acids is 1. The molecule has 6 nitrogen and oxygen atoms in total. The molecule has 0 spiro atoms. The van der Waals surface area contributed by atoms with Crippen LogP contribution in [0.25, 0.3) is 6.08 Å². The van der Waals surface area contributed by atoms with E-state index in [1.807, 2.05) is 17.8 Å². The van der Waals surface area contributed by atoms with Gasteiger partial charge in [0.1, 0.15) is 23.9 Å². The highest BCUT2D eigenvalue weighted by Crippen LogP contribution is 2.24. The van der Waals surface area contributed by atoms with Gasteiger partial charge in [0.15, 0.2) is 0 Å². The number of imidazole rings is 1. The van der Waals surface area contributed by atoms with Crippen LogP contribution in [-0.2, 0) is 18.4 Å². The number of benzene rings is 2.